The number of benzene rings is 1. The lowest BCUT2D eigenvalue weighted by Gasteiger charge is -2.29. The van der Waals surface area contributed by atoms with E-state index < -0.39 is 6.36 Å². The maximum Gasteiger partial charge on any atom is 0.573 e. The van der Waals surface area contributed by atoms with E-state index in [1.54, 1.807) is 6.92 Å². The minimum Gasteiger partial charge on any atom is -0.405 e. The van der Waals surface area contributed by atoms with E-state index in [-0.39, 0.29) is 5.76 Å². The molecule has 1 aromatic heterocycles. The van der Waals surface area contributed by atoms with Gasteiger partial charge in [-0.15, -0.1) is 13.2 Å². The van der Waals surface area contributed by atoms with Gasteiger partial charge in [0.2, 0.25) is 5.95 Å². The Morgan fingerprint density at radius 2 is 1.89 bits per heavy atom. The van der Waals surface area contributed by atoms with E-state index in [1.165, 1.54) is 12.2 Å². The summed E-state index contributed by atoms with van der Waals surface area (Å²) >= 11 is 3.17. The second kappa shape index (κ2) is 13.3. The number of nitrogens with one attached hydrogen (secondary N) is 2. The zero-order valence-corrected chi connectivity index (χ0v) is 23.1. The molecule has 1 fully saturated rings. The normalized spacial score (nSPS) is 19.4. The van der Waals surface area contributed by atoms with Gasteiger partial charge in [0.25, 0.3) is 0 Å². The number of rotatable bonds is 11. The highest BCUT2D eigenvalue weighted by atomic mass is 79.9. The van der Waals surface area contributed by atoms with Crippen LogP contribution >= 0.6 is 15.9 Å². The highest BCUT2D eigenvalue weighted by Crippen LogP contribution is 2.29. The third-order valence-corrected chi connectivity index (χ3v) is 6.54. The second-order valence-corrected chi connectivity index (χ2v) is 10.7. The maximum absolute atomic E-state index is 12.8. The standard InChI is InChI=1S/C27H35BrF3N5O/c1-5-20(24(16-18(2)28)37-27(29,30)31)14-15-32-17-19-10-12-21(13-11-19)33-26-34-23-9-7-6-8-22(23)25(35-26)36(3)4/h5-9,16,19,21,32H,1,10-15,17H2,2-4H3,(H,33,34,35)/b18-16+,24-20-. The number of nitrogens with zero attached hydrogens (tertiary/aromatic N) is 3. The molecule has 0 radical (unpaired) electrons. The molecule has 0 aliphatic heterocycles. The van der Waals surface area contributed by atoms with Gasteiger partial charge in [0, 0.05) is 25.5 Å². The SMILES string of the molecule is C=C/C(CCNCC1CCC(Nc2nc(N(C)C)c3ccccc3n2)CC1)=C(\C=C(/C)Br)OC(F)(F)F. The molecule has 202 valence electrons. The van der Waals surface area contributed by atoms with Crippen molar-refractivity contribution < 1.29 is 17.9 Å². The highest BCUT2D eigenvalue weighted by Gasteiger charge is 2.32. The van der Waals surface area contributed by atoms with Gasteiger partial charge in [0.1, 0.15) is 11.6 Å². The fourth-order valence-electron chi connectivity index (χ4n) is 4.51. The van der Waals surface area contributed by atoms with Crippen LogP contribution in [0.1, 0.15) is 39.0 Å². The Kier molecular flexibility index (Phi) is 10.4. The third kappa shape index (κ3) is 9.03. The molecular formula is C27H35BrF3N5O. The first-order valence-corrected chi connectivity index (χ1v) is 13.2. The first kappa shape index (κ1) is 29.0. The predicted molar refractivity (Wildman–Crippen MR) is 148 cm³/mol. The van der Waals surface area contributed by atoms with E-state index in [2.05, 4.69) is 37.9 Å². The van der Waals surface area contributed by atoms with E-state index in [4.69, 9.17) is 9.97 Å². The first-order chi connectivity index (χ1) is 17.6. The van der Waals surface area contributed by atoms with Crippen LogP contribution in [0.25, 0.3) is 10.9 Å². The van der Waals surface area contributed by atoms with Crippen molar-refractivity contribution in [3.05, 3.63) is 58.8 Å². The lowest BCUT2D eigenvalue weighted by molar-refractivity contribution is -0.303. The summed E-state index contributed by atoms with van der Waals surface area (Å²) < 4.78 is 43.2. The van der Waals surface area contributed by atoms with Crippen molar-refractivity contribution in [3.8, 4) is 0 Å². The minimum atomic E-state index is -4.76. The summed E-state index contributed by atoms with van der Waals surface area (Å²) in [5, 5.41) is 7.94. The first-order valence-electron chi connectivity index (χ1n) is 12.4. The van der Waals surface area contributed by atoms with Gasteiger partial charge in [-0.1, -0.05) is 40.7 Å². The number of fused-ring (bicyclic) bond motifs is 1. The summed E-state index contributed by atoms with van der Waals surface area (Å²) in [5.41, 5.74) is 1.32. The molecule has 2 N–H and O–H groups in total. The largest absolute Gasteiger partial charge is 0.573 e. The number of anilines is 2. The van der Waals surface area contributed by atoms with Crippen LogP contribution in [0, 0.1) is 5.92 Å². The van der Waals surface area contributed by atoms with Gasteiger partial charge in [-0.2, -0.15) is 4.98 Å². The average molecular weight is 583 g/mol. The molecule has 1 aliphatic rings. The van der Waals surface area contributed by atoms with Gasteiger partial charge in [-0.05, 0) is 86.3 Å². The molecule has 0 unspecified atom stereocenters. The molecule has 0 atom stereocenters. The number of aromatic nitrogens is 2. The Labute approximate surface area is 225 Å². The summed E-state index contributed by atoms with van der Waals surface area (Å²) in [4.78, 5) is 11.5. The number of allylic oxidation sites excluding steroid dienone is 3. The molecule has 1 aliphatic carbocycles. The smallest absolute Gasteiger partial charge is 0.405 e. The molecule has 1 heterocycles. The topological polar surface area (TPSA) is 62.3 Å². The van der Waals surface area contributed by atoms with Gasteiger partial charge < -0.3 is 20.3 Å². The maximum atomic E-state index is 12.8. The lowest BCUT2D eigenvalue weighted by atomic mass is 9.86. The number of ether oxygens (including phenoxy) is 1. The van der Waals surface area contributed by atoms with Crippen molar-refractivity contribution in [2.45, 2.75) is 51.4 Å². The van der Waals surface area contributed by atoms with Crippen molar-refractivity contribution in [1.82, 2.24) is 15.3 Å². The van der Waals surface area contributed by atoms with Gasteiger partial charge in [-0.25, -0.2) is 4.98 Å². The Morgan fingerprint density at radius 1 is 1.19 bits per heavy atom. The van der Waals surface area contributed by atoms with Gasteiger partial charge in [-0.3, -0.25) is 0 Å². The number of para-hydroxylation sites is 1. The summed E-state index contributed by atoms with van der Waals surface area (Å²) in [6.45, 7) is 6.67. The molecule has 1 aromatic carbocycles. The molecule has 10 heteroatoms. The average Bonchev–Trinajstić information content (AvgIpc) is 2.83. The van der Waals surface area contributed by atoms with Gasteiger partial charge in [0.05, 0.1) is 5.52 Å². The number of hydrogen-bond donors (Lipinski definition) is 2. The molecule has 0 bridgehead atoms. The van der Waals surface area contributed by atoms with Crippen molar-refractivity contribution in [2.75, 3.05) is 37.4 Å². The third-order valence-electron chi connectivity index (χ3n) is 6.31. The van der Waals surface area contributed by atoms with Crippen LogP contribution < -0.4 is 15.5 Å². The number of hydrogen-bond acceptors (Lipinski definition) is 6. The fraction of sp³-hybridized carbons (Fsp3) is 0.481. The predicted octanol–water partition coefficient (Wildman–Crippen LogP) is 6.92. The molecule has 0 saturated heterocycles. The summed E-state index contributed by atoms with van der Waals surface area (Å²) in [6, 6.07) is 8.31. The number of alkyl halides is 3. The van der Waals surface area contributed by atoms with Crippen molar-refractivity contribution in [2.24, 2.45) is 5.92 Å². The zero-order valence-electron chi connectivity index (χ0n) is 21.5. The molecule has 3 rings (SSSR count). The van der Waals surface area contributed by atoms with E-state index in [0.717, 1.165) is 48.9 Å². The fourth-order valence-corrected chi connectivity index (χ4v) is 4.71. The van der Waals surface area contributed by atoms with E-state index in [9.17, 15) is 13.2 Å². The number of halogens is 4. The minimum absolute atomic E-state index is 0.237. The monoisotopic (exact) mass is 581 g/mol. The molecule has 2 aromatic rings. The van der Waals surface area contributed by atoms with Crippen LogP contribution in [0.3, 0.4) is 0 Å². The molecule has 0 amide bonds. The van der Waals surface area contributed by atoms with Crippen LogP contribution in [-0.2, 0) is 4.74 Å². The summed E-state index contributed by atoms with van der Waals surface area (Å²) in [6.07, 6.45) is 2.49. The van der Waals surface area contributed by atoms with Crippen LogP contribution in [-0.4, -0.2) is 49.6 Å². The molecule has 1 saturated carbocycles. The zero-order chi connectivity index (χ0) is 27.0. The van der Waals surface area contributed by atoms with Crippen LogP contribution in [0.15, 0.2) is 58.8 Å². The Bertz CT molecular complexity index is 1120. The molecule has 6 nitrogen and oxygen atoms in total. The Morgan fingerprint density at radius 3 is 2.51 bits per heavy atom. The quantitative estimate of drug-likeness (QED) is 0.170. The van der Waals surface area contributed by atoms with Crippen LogP contribution in [0.2, 0.25) is 0 Å². The van der Waals surface area contributed by atoms with Crippen LogP contribution in [0.5, 0.6) is 0 Å². The summed E-state index contributed by atoms with van der Waals surface area (Å²) in [7, 11) is 3.96. The van der Waals surface area contributed by atoms with Crippen LogP contribution in [0.4, 0.5) is 24.9 Å². The van der Waals surface area contributed by atoms with Crippen molar-refractivity contribution in [3.63, 3.8) is 0 Å². The van der Waals surface area contributed by atoms with E-state index >= 15 is 0 Å². The van der Waals surface area contributed by atoms with Crippen molar-refractivity contribution in [1.29, 1.82) is 0 Å². The summed E-state index contributed by atoms with van der Waals surface area (Å²) in [5.74, 6) is 1.82. The molecule has 0 spiro atoms. The Hall–Kier alpha value is -2.59. The Balaban J connectivity index is 1.49. The van der Waals surface area contributed by atoms with Crippen molar-refractivity contribution >= 4 is 38.6 Å². The highest BCUT2D eigenvalue weighted by molar-refractivity contribution is 9.11. The van der Waals surface area contributed by atoms with E-state index in [0.29, 0.717) is 40.9 Å². The molecule has 37 heavy (non-hydrogen) atoms. The van der Waals surface area contributed by atoms with Gasteiger partial charge >= 0.3 is 6.36 Å². The van der Waals surface area contributed by atoms with Gasteiger partial charge in [0.15, 0.2) is 0 Å². The second-order valence-electron chi connectivity index (χ2n) is 9.47. The van der Waals surface area contributed by atoms with E-state index in [1.807, 2.05) is 43.3 Å². The lowest BCUT2D eigenvalue weighted by Crippen LogP contribution is -2.32. The molecular weight excluding hydrogens is 547 g/mol.